The van der Waals surface area contributed by atoms with Gasteiger partial charge in [0.2, 0.25) is 0 Å². The van der Waals surface area contributed by atoms with Crippen molar-refractivity contribution in [3.8, 4) is 0 Å². The Hall–Kier alpha value is -0.820. The maximum absolute atomic E-state index is 3.66. The van der Waals surface area contributed by atoms with Crippen molar-refractivity contribution in [3.63, 3.8) is 0 Å². The predicted molar refractivity (Wildman–Crippen MR) is 60.2 cm³/mol. The van der Waals surface area contributed by atoms with Gasteiger partial charge in [0.05, 0.1) is 0 Å². The molecule has 0 saturated heterocycles. The van der Waals surface area contributed by atoms with Gasteiger partial charge in [0.1, 0.15) is 0 Å². The Morgan fingerprint density at radius 1 is 1.14 bits per heavy atom. The van der Waals surface area contributed by atoms with Crippen LogP contribution in [0.25, 0.3) is 0 Å². The largest absolute Gasteiger partial charge is 0.307 e. The lowest BCUT2D eigenvalue weighted by molar-refractivity contribution is 0.441. The molecule has 14 heavy (non-hydrogen) atoms. The summed E-state index contributed by atoms with van der Waals surface area (Å²) in [5.74, 6) is 0.932. The van der Waals surface area contributed by atoms with Gasteiger partial charge in [0.15, 0.2) is 0 Å². The molecule has 0 aliphatic heterocycles. The number of hydrogen-bond acceptors (Lipinski definition) is 1. The van der Waals surface area contributed by atoms with E-state index in [1.807, 2.05) is 0 Å². The average molecular weight is 189 g/mol. The van der Waals surface area contributed by atoms with Crippen LogP contribution in [0.15, 0.2) is 30.3 Å². The summed E-state index contributed by atoms with van der Waals surface area (Å²) in [7, 11) is 0. The molecule has 1 aliphatic carbocycles. The maximum Gasteiger partial charge on any atom is 0.0294 e. The van der Waals surface area contributed by atoms with Crippen molar-refractivity contribution in [1.29, 1.82) is 0 Å². The lowest BCUT2D eigenvalue weighted by Crippen LogP contribution is -2.30. The van der Waals surface area contributed by atoms with Crippen molar-refractivity contribution >= 4 is 0 Å². The summed E-state index contributed by atoms with van der Waals surface area (Å²) in [5, 5.41) is 3.66. The van der Waals surface area contributed by atoms with Gasteiger partial charge in [-0.2, -0.15) is 0 Å². The molecule has 0 heterocycles. The van der Waals surface area contributed by atoms with Gasteiger partial charge in [0.25, 0.3) is 0 Å². The molecule has 1 unspecified atom stereocenters. The van der Waals surface area contributed by atoms with E-state index in [0.717, 1.165) is 5.92 Å². The van der Waals surface area contributed by atoms with Gasteiger partial charge < -0.3 is 5.32 Å². The van der Waals surface area contributed by atoms with Crippen LogP contribution in [0.1, 0.15) is 38.3 Å². The van der Waals surface area contributed by atoms with Gasteiger partial charge in [-0.15, -0.1) is 0 Å². The zero-order valence-electron chi connectivity index (χ0n) is 9.03. The summed E-state index contributed by atoms with van der Waals surface area (Å²) in [6.45, 7) is 4.55. The van der Waals surface area contributed by atoms with E-state index >= 15 is 0 Å². The number of hydrogen-bond donors (Lipinski definition) is 1. The standard InChI is InChI=1S/C13H19N/c1-10(12-6-4-3-5-7-12)14-11(2)13-8-9-13/h3-7,10-11,13-14H,8-9H2,1-2H3/t10-,11?/m1/s1. The highest BCUT2D eigenvalue weighted by Crippen LogP contribution is 2.33. The van der Waals surface area contributed by atoms with Crippen LogP contribution < -0.4 is 5.32 Å². The molecular formula is C13H19N. The van der Waals surface area contributed by atoms with Gasteiger partial charge in [-0.3, -0.25) is 0 Å². The van der Waals surface area contributed by atoms with Gasteiger partial charge >= 0.3 is 0 Å². The van der Waals surface area contributed by atoms with Crippen LogP contribution in [0.5, 0.6) is 0 Å². The second-order valence-electron chi connectivity index (χ2n) is 4.43. The molecule has 2 rings (SSSR count). The molecule has 1 aromatic rings. The average Bonchev–Trinajstić information content (AvgIpc) is 3.02. The Balaban J connectivity index is 1.91. The van der Waals surface area contributed by atoms with E-state index < -0.39 is 0 Å². The molecule has 2 atom stereocenters. The molecule has 0 spiro atoms. The lowest BCUT2D eigenvalue weighted by Gasteiger charge is -2.19. The van der Waals surface area contributed by atoms with Crippen LogP contribution >= 0.6 is 0 Å². The topological polar surface area (TPSA) is 12.0 Å². The summed E-state index contributed by atoms with van der Waals surface area (Å²) in [4.78, 5) is 0. The molecule has 1 heteroatoms. The van der Waals surface area contributed by atoms with E-state index in [0.29, 0.717) is 12.1 Å². The predicted octanol–water partition coefficient (Wildman–Crippen LogP) is 3.14. The Morgan fingerprint density at radius 2 is 1.79 bits per heavy atom. The van der Waals surface area contributed by atoms with Gasteiger partial charge in [-0.05, 0) is 38.2 Å². The minimum Gasteiger partial charge on any atom is -0.307 e. The van der Waals surface area contributed by atoms with Crippen molar-refractivity contribution in [1.82, 2.24) is 5.32 Å². The molecule has 1 aliphatic rings. The number of rotatable bonds is 4. The Bertz CT molecular complexity index is 277. The van der Waals surface area contributed by atoms with Crippen LogP contribution in [0, 0.1) is 5.92 Å². The zero-order chi connectivity index (χ0) is 9.97. The minimum atomic E-state index is 0.479. The smallest absolute Gasteiger partial charge is 0.0294 e. The van der Waals surface area contributed by atoms with Crippen molar-refractivity contribution in [3.05, 3.63) is 35.9 Å². The van der Waals surface area contributed by atoms with Crippen LogP contribution in [0.2, 0.25) is 0 Å². The minimum absolute atomic E-state index is 0.479. The highest BCUT2D eigenvalue weighted by molar-refractivity contribution is 5.18. The van der Waals surface area contributed by atoms with Crippen LogP contribution in [0.4, 0.5) is 0 Å². The van der Waals surface area contributed by atoms with Gasteiger partial charge in [0, 0.05) is 12.1 Å². The molecular weight excluding hydrogens is 170 g/mol. The Labute approximate surface area is 86.5 Å². The fourth-order valence-corrected chi connectivity index (χ4v) is 1.96. The molecule has 0 amide bonds. The van der Waals surface area contributed by atoms with Crippen molar-refractivity contribution in [2.24, 2.45) is 5.92 Å². The normalized spacial score (nSPS) is 20.4. The van der Waals surface area contributed by atoms with Crippen LogP contribution in [0.3, 0.4) is 0 Å². The zero-order valence-corrected chi connectivity index (χ0v) is 9.03. The molecule has 1 fully saturated rings. The third kappa shape index (κ3) is 2.36. The first-order chi connectivity index (χ1) is 6.77. The number of nitrogens with one attached hydrogen (secondary N) is 1. The highest BCUT2D eigenvalue weighted by Gasteiger charge is 2.28. The summed E-state index contributed by atoms with van der Waals surface area (Å²) < 4.78 is 0. The summed E-state index contributed by atoms with van der Waals surface area (Å²) in [6.07, 6.45) is 2.82. The van der Waals surface area contributed by atoms with Gasteiger partial charge in [-0.25, -0.2) is 0 Å². The van der Waals surface area contributed by atoms with Crippen LogP contribution in [-0.2, 0) is 0 Å². The molecule has 76 valence electrons. The first-order valence-corrected chi connectivity index (χ1v) is 5.58. The molecule has 0 bridgehead atoms. The number of benzene rings is 1. The van der Waals surface area contributed by atoms with E-state index in [4.69, 9.17) is 0 Å². The van der Waals surface area contributed by atoms with Crippen LogP contribution in [-0.4, -0.2) is 6.04 Å². The monoisotopic (exact) mass is 189 g/mol. The highest BCUT2D eigenvalue weighted by atomic mass is 15.0. The molecule has 0 aromatic heterocycles. The molecule has 1 saturated carbocycles. The maximum atomic E-state index is 3.66. The second kappa shape index (κ2) is 4.14. The van der Waals surface area contributed by atoms with E-state index in [9.17, 15) is 0 Å². The molecule has 1 aromatic carbocycles. The Morgan fingerprint density at radius 3 is 2.36 bits per heavy atom. The lowest BCUT2D eigenvalue weighted by atomic mass is 10.1. The molecule has 1 nitrogen and oxygen atoms in total. The third-order valence-electron chi connectivity index (χ3n) is 3.14. The molecule has 1 N–H and O–H groups in total. The first-order valence-electron chi connectivity index (χ1n) is 5.58. The SMILES string of the molecule is CC(N[C@H](C)c1ccccc1)C1CC1. The van der Waals surface area contributed by atoms with E-state index in [1.165, 1.54) is 18.4 Å². The van der Waals surface area contributed by atoms with Crippen molar-refractivity contribution in [2.75, 3.05) is 0 Å². The van der Waals surface area contributed by atoms with E-state index in [-0.39, 0.29) is 0 Å². The van der Waals surface area contributed by atoms with Crippen molar-refractivity contribution < 1.29 is 0 Å². The van der Waals surface area contributed by atoms with Crippen molar-refractivity contribution in [2.45, 2.75) is 38.8 Å². The Kier molecular flexibility index (Phi) is 2.87. The summed E-state index contributed by atoms with van der Waals surface area (Å²) >= 11 is 0. The second-order valence-corrected chi connectivity index (χ2v) is 4.43. The fourth-order valence-electron chi connectivity index (χ4n) is 1.96. The fraction of sp³-hybridized carbons (Fsp3) is 0.538. The third-order valence-corrected chi connectivity index (χ3v) is 3.14. The summed E-state index contributed by atoms with van der Waals surface area (Å²) in [6, 6.07) is 11.8. The quantitative estimate of drug-likeness (QED) is 0.767. The first kappa shape index (κ1) is 9.72. The van der Waals surface area contributed by atoms with E-state index in [1.54, 1.807) is 0 Å². The summed E-state index contributed by atoms with van der Waals surface area (Å²) in [5.41, 5.74) is 1.39. The van der Waals surface area contributed by atoms with Gasteiger partial charge in [-0.1, -0.05) is 30.3 Å². The molecule has 0 radical (unpaired) electrons. The van der Waals surface area contributed by atoms with E-state index in [2.05, 4.69) is 49.5 Å².